The summed E-state index contributed by atoms with van der Waals surface area (Å²) >= 11 is 0. The highest BCUT2D eigenvalue weighted by Gasteiger charge is 2.13. The molecule has 0 aliphatic carbocycles. The third kappa shape index (κ3) is 5.14. The van der Waals surface area contributed by atoms with Crippen molar-refractivity contribution < 1.29 is 9.84 Å². The quantitative estimate of drug-likeness (QED) is 0.554. The van der Waals surface area contributed by atoms with Gasteiger partial charge in [-0.2, -0.15) is 0 Å². The van der Waals surface area contributed by atoms with Crippen LogP contribution in [0.4, 0.5) is 0 Å². The van der Waals surface area contributed by atoms with Crippen LogP contribution in [0.25, 0.3) is 11.1 Å². The van der Waals surface area contributed by atoms with E-state index in [1.165, 1.54) is 22.3 Å². The van der Waals surface area contributed by atoms with E-state index < -0.39 is 0 Å². The molecule has 0 saturated heterocycles. The first-order chi connectivity index (χ1) is 13.1. The van der Waals surface area contributed by atoms with E-state index in [1.807, 2.05) is 24.3 Å². The van der Waals surface area contributed by atoms with Crippen molar-refractivity contribution in [1.82, 2.24) is 4.90 Å². The molecule has 2 rings (SSSR count). The molecule has 0 aliphatic heterocycles. The van der Waals surface area contributed by atoms with Gasteiger partial charge in [-0.15, -0.1) is 0 Å². The number of benzene rings is 2. The molecule has 0 spiro atoms. The van der Waals surface area contributed by atoms with Crippen molar-refractivity contribution in [3.63, 3.8) is 0 Å². The Kier molecular flexibility index (Phi) is 7.93. The van der Waals surface area contributed by atoms with Gasteiger partial charge in [-0.3, -0.25) is 4.90 Å². The molecular weight excluding hydrogens is 334 g/mol. The Labute approximate surface area is 164 Å². The molecule has 0 atom stereocenters. The highest BCUT2D eigenvalue weighted by atomic mass is 16.5. The molecule has 1 N–H and O–H groups in total. The van der Waals surface area contributed by atoms with E-state index in [0.717, 1.165) is 43.8 Å². The molecule has 0 aliphatic rings. The summed E-state index contributed by atoms with van der Waals surface area (Å²) in [4.78, 5) is 2.32. The summed E-state index contributed by atoms with van der Waals surface area (Å²) < 4.78 is 5.29. The van der Waals surface area contributed by atoms with Crippen LogP contribution >= 0.6 is 0 Å². The van der Waals surface area contributed by atoms with Crippen LogP contribution in [0.2, 0.25) is 0 Å². The minimum Gasteiger partial charge on any atom is -0.508 e. The van der Waals surface area contributed by atoms with Gasteiger partial charge in [0.1, 0.15) is 11.5 Å². The molecular formula is C24H33NO2. The number of phenolic OH excluding ortho intramolecular Hbond substituents is 1. The van der Waals surface area contributed by atoms with Gasteiger partial charge in [0, 0.05) is 12.1 Å². The van der Waals surface area contributed by atoms with E-state index in [9.17, 15) is 5.11 Å². The lowest BCUT2D eigenvalue weighted by Gasteiger charge is -2.20. The summed E-state index contributed by atoms with van der Waals surface area (Å²) in [6, 6.07) is 14.3. The molecule has 3 nitrogen and oxygen atoms in total. The molecule has 0 bridgehead atoms. The van der Waals surface area contributed by atoms with Crippen molar-refractivity contribution in [2.24, 2.45) is 0 Å². The van der Waals surface area contributed by atoms with Gasteiger partial charge < -0.3 is 9.84 Å². The first-order valence-electron chi connectivity index (χ1n) is 9.98. The lowest BCUT2D eigenvalue weighted by molar-refractivity contribution is 0.291. The number of methoxy groups -OCH3 is 1. The van der Waals surface area contributed by atoms with Gasteiger partial charge in [0.15, 0.2) is 0 Å². The largest absolute Gasteiger partial charge is 0.508 e. The molecule has 0 fully saturated rings. The summed E-state index contributed by atoms with van der Waals surface area (Å²) in [7, 11) is 1.69. The second-order valence-electron chi connectivity index (χ2n) is 6.70. The molecule has 27 heavy (non-hydrogen) atoms. The van der Waals surface area contributed by atoms with Crippen molar-refractivity contribution in [1.29, 1.82) is 0 Å². The molecule has 0 saturated carbocycles. The number of rotatable bonds is 9. The average molecular weight is 368 g/mol. The number of aromatic hydroxyl groups is 1. The van der Waals surface area contributed by atoms with Crippen LogP contribution < -0.4 is 4.74 Å². The van der Waals surface area contributed by atoms with Crippen molar-refractivity contribution in [2.75, 3.05) is 20.2 Å². The van der Waals surface area contributed by atoms with E-state index >= 15 is 0 Å². The zero-order valence-corrected chi connectivity index (χ0v) is 17.4. The van der Waals surface area contributed by atoms with Crippen LogP contribution in [0, 0.1) is 0 Å². The molecule has 0 radical (unpaired) electrons. The van der Waals surface area contributed by atoms with Crippen LogP contribution in [-0.2, 0) is 6.54 Å². The predicted octanol–water partition coefficient (Wildman–Crippen LogP) is 5.97. The van der Waals surface area contributed by atoms with E-state index in [-0.39, 0.29) is 0 Å². The fourth-order valence-electron chi connectivity index (χ4n) is 3.56. The summed E-state index contributed by atoms with van der Waals surface area (Å²) in [5.41, 5.74) is 6.11. The van der Waals surface area contributed by atoms with Gasteiger partial charge >= 0.3 is 0 Å². The Morgan fingerprint density at radius 3 is 1.93 bits per heavy atom. The van der Waals surface area contributed by atoms with Crippen LogP contribution in [0.3, 0.4) is 0 Å². The van der Waals surface area contributed by atoms with Gasteiger partial charge in [-0.05, 0) is 72.5 Å². The second-order valence-corrected chi connectivity index (χ2v) is 6.70. The number of nitrogens with zero attached hydrogens (tertiary/aromatic N) is 1. The Morgan fingerprint density at radius 1 is 0.852 bits per heavy atom. The molecule has 2 aromatic carbocycles. The van der Waals surface area contributed by atoms with Crippen LogP contribution in [0.5, 0.6) is 11.5 Å². The molecule has 0 amide bonds. The Morgan fingerprint density at radius 2 is 1.41 bits per heavy atom. The third-order valence-corrected chi connectivity index (χ3v) is 5.23. The highest BCUT2D eigenvalue weighted by molar-refractivity contribution is 5.91. The molecule has 0 unspecified atom stereocenters. The normalized spacial score (nSPS) is 12.2. The number of allylic oxidation sites excluding steroid dienone is 2. The van der Waals surface area contributed by atoms with Crippen LogP contribution in [-0.4, -0.2) is 30.2 Å². The number of hydrogen-bond donors (Lipinski definition) is 1. The van der Waals surface area contributed by atoms with E-state index in [0.29, 0.717) is 5.75 Å². The molecule has 2 aromatic rings. The maximum absolute atomic E-state index is 10.3. The van der Waals surface area contributed by atoms with E-state index in [4.69, 9.17) is 4.74 Å². The number of phenols is 1. The van der Waals surface area contributed by atoms with Gasteiger partial charge in [-0.1, -0.05) is 45.9 Å². The first kappa shape index (κ1) is 21.0. The van der Waals surface area contributed by atoms with Gasteiger partial charge in [-0.25, -0.2) is 0 Å². The van der Waals surface area contributed by atoms with E-state index in [2.05, 4.69) is 50.8 Å². The standard InChI is InChI=1S/C24H33NO2/c1-6-22(18-10-13-21(27-5)14-11-18)23(7-2)19-12-15-24(26)20(16-19)17-25(8-3)9-4/h10-16,26H,6-9,17H2,1-5H3. The zero-order chi connectivity index (χ0) is 19.8. The van der Waals surface area contributed by atoms with Gasteiger partial charge in [0.05, 0.1) is 7.11 Å². The molecule has 3 heteroatoms. The lowest BCUT2D eigenvalue weighted by atomic mass is 9.90. The fraction of sp³-hybridized carbons (Fsp3) is 0.417. The zero-order valence-electron chi connectivity index (χ0n) is 17.4. The summed E-state index contributed by atoms with van der Waals surface area (Å²) in [5.74, 6) is 1.25. The van der Waals surface area contributed by atoms with Crippen molar-refractivity contribution in [2.45, 2.75) is 47.1 Å². The van der Waals surface area contributed by atoms with Gasteiger partial charge in [0.2, 0.25) is 0 Å². The summed E-state index contributed by atoms with van der Waals surface area (Å²) in [6.45, 7) is 11.4. The lowest BCUT2D eigenvalue weighted by Crippen LogP contribution is -2.22. The maximum atomic E-state index is 10.3. The van der Waals surface area contributed by atoms with Crippen LogP contribution in [0.15, 0.2) is 42.5 Å². The van der Waals surface area contributed by atoms with Crippen LogP contribution in [0.1, 0.15) is 57.2 Å². The minimum absolute atomic E-state index is 0.378. The summed E-state index contributed by atoms with van der Waals surface area (Å²) in [6.07, 6.45) is 1.91. The smallest absolute Gasteiger partial charge is 0.120 e. The van der Waals surface area contributed by atoms with Crippen molar-refractivity contribution >= 4 is 11.1 Å². The van der Waals surface area contributed by atoms with Crippen molar-refractivity contribution in [3.05, 3.63) is 59.2 Å². The molecule has 0 aromatic heterocycles. The summed E-state index contributed by atoms with van der Waals surface area (Å²) in [5, 5.41) is 10.3. The second kappa shape index (κ2) is 10.2. The van der Waals surface area contributed by atoms with E-state index in [1.54, 1.807) is 7.11 Å². The fourth-order valence-corrected chi connectivity index (χ4v) is 3.56. The monoisotopic (exact) mass is 367 g/mol. The molecule has 0 heterocycles. The maximum Gasteiger partial charge on any atom is 0.120 e. The Bertz CT molecular complexity index is 758. The SMILES string of the molecule is CCC(=C(CC)c1ccc(O)c(CN(CC)CC)c1)c1ccc(OC)cc1. The predicted molar refractivity (Wildman–Crippen MR) is 115 cm³/mol. The first-order valence-corrected chi connectivity index (χ1v) is 9.98. The van der Waals surface area contributed by atoms with Crippen molar-refractivity contribution in [3.8, 4) is 11.5 Å². The topological polar surface area (TPSA) is 32.7 Å². The third-order valence-electron chi connectivity index (χ3n) is 5.23. The van der Waals surface area contributed by atoms with Gasteiger partial charge in [0.25, 0.3) is 0 Å². The highest BCUT2D eigenvalue weighted by Crippen LogP contribution is 2.34. The number of ether oxygens (including phenoxy) is 1. The Balaban J connectivity index is 2.48. The minimum atomic E-state index is 0.378. The molecule has 146 valence electrons. The average Bonchev–Trinajstić information content (AvgIpc) is 2.71. The Hall–Kier alpha value is -2.26. The number of hydrogen-bond acceptors (Lipinski definition) is 3.